The molecule has 3 heterocycles. The van der Waals surface area contributed by atoms with Crippen molar-refractivity contribution >= 4 is 22.1 Å². The van der Waals surface area contributed by atoms with E-state index < -0.39 is 0 Å². The first-order valence-corrected chi connectivity index (χ1v) is 34.5. The van der Waals surface area contributed by atoms with Gasteiger partial charge in [0, 0.05) is 44.5 Å². The highest BCUT2D eigenvalue weighted by atomic mass is 16.3. The molecule has 0 bridgehead atoms. The maximum absolute atomic E-state index is 12.7. The fourth-order valence-corrected chi connectivity index (χ4v) is 13.6. The molecule has 0 fully saturated rings. The third-order valence-electron chi connectivity index (χ3n) is 19.4. The van der Waals surface area contributed by atoms with Crippen molar-refractivity contribution in [2.45, 2.75) is 157 Å². The zero-order valence-electron chi connectivity index (χ0n) is 60.4. The molecule has 8 nitrogen and oxygen atoms in total. The van der Waals surface area contributed by atoms with E-state index in [2.05, 4.69) is 346 Å². The summed E-state index contributed by atoms with van der Waals surface area (Å²) in [5.74, 6) is 1.78. The number of phenolic OH excluding ortho intramolecular Hbond substituents is 2. The highest BCUT2D eigenvalue weighted by Crippen LogP contribution is 2.49. The van der Waals surface area contributed by atoms with Crippen molar-refractivity contribution < 1.29 is 10.2 Å². The number of fused-ring (bicyclic) bond motifs is 2. The zero-order chi connectivity index (χ0) is 69.8. The van der Waals surface area contributed by atoms with Crippen LogP contribution in [0.3, 0.4) is 0 Å². The van der Waals surface area contributed by atoms with E-state index in [9.17, 15) is 10.2 Å². The molecule has 494 valence electrons. The van der Waals surface area contributed by atoms with Crippen LogP contribution >= 0.6 is 0 Å². The molecule has 0 aliphatic carbocycles. The number of para-hydroxylation sites is 2. The Labute approximate surface area is 579 Å². The van der Waals surface area contributed by atoms with Crippen molar-refractivity contribution in [3.05, 3.63) is 252 Å². The molecule has 0 saturated heterocycles. The summed E-state index contributed by atoms with van der Waals surface area (Å²) in [6.07, 6.45) is 1.66. The SMILES string of the molecule is CC(C)(C)c1ccc(-n2c(-c3cc(C(C)(C)C)cc(C(C)(C)C)c3O)nc3c(-c4cccc(-c5cc(-c6cccc(-c7cccc8c7nc(-c7cc(C(C)(C)C)cc(C(C)(C)C)c7O)n8-c7ccc(C(C)(C)C)cc7-c7ccccc7)c6)ncn5)c4)cccc32)c(-c2ccccc2)c1. The van der Waals surface area contributed by atoms with Crippen LogP contribution in [-0.2, 0) is 32.5 Å². The molecule has 0 spiro atoms. The van der Waals surface area contributed by atoms with E-state index in [1.54, 1.807) is 6.33 Å². The van der Waals surface area contributed by atoms with Gasteiger partial charge in [-0.3, -0.25) is 9.13 Å². The number of aromatic hydroxyl groups is 2. The first-order chi connectivity index (χ1) is 46.2. The van der Waals surface area contributed by atoms with Crippen LogP contribution in [0.4, 0.5) is 0 Å². The Morgan fingerprint density at radius 1 is 0.276 bits per heavy atom. The van der Waals surface area contributed by atoms with E-state index in [1.807, 2.05) is 0 Å². The predicted molar refractivity (Wildman–Crippen MR) is 410 cm³/mol. The summed E-state index contributed by atoms with van der Waals surface area (Å²) in [5, 5.41) is 25.4. The van der Waals surface area contributed by atoms with Crippen LogP contribution in [-0.4, -0.2) is 39.3 Å². The largest absolute Gasteiger partial charge is 0.507 e. The molecule has 0 radical (unpaired) electrons. The summed E-state index contributed by atoms with van der Waals surface area (Å²) >= 11 is 0. The summed E-state index contributed by atoms with van der Waals surface area (Å²) in [7, 11) is 0. The number of hydrogen-bond acceptors (Lipinski definition) is 6. The third-order valence-corrected chi connectivity index (χ3v) is 19.4. The first kappa shape index (κ1) is 66.4. The molecular formula is C90H92N6O2. The van der Waals surface area contributed by atoms with E-state index in [0.29, 0.717) is 22.8 Å². The van der Waals surface area contributed by atoms with Gasteiger partial charge in [0.1, 0.15) is 29.5 Å². The molecule has 0 aliphatic rings. The van der Waals surface area contributed by atoms with Gasteiger partial charge in [-0.05, 0) is 144 Å². The van der Waals surface area contributed by atoms with E-state index in [1.165, 1.54) is 11.1 Å². The lowest BCUT2D eigenvalue weighted by Gasteiger charge is -2.28. The Balaban J connectivity index is 0.953. The summed E-state index contributed by atoms with van der Waals surface area (Å²) in [4.78, 5) is 21.3. The molecule has 0 atom stereocenters. The van der Waals surface area contributed by atoms with Gasteiger partial charge in [0.15, 0.2) is 0 Å². The number of phenols is 2. The van der Waals surface area contributed by atoms with Crippen LogP contribution in [0.25, 0.3) is 123 Å². The fraction of sp³-hybridized carbons (Fsp3) is 0.267. The summed E-state index contributed by atoms with van der Waals surface area (Å²) in [6, 6.07) is 75.5. The van der Waals surface area contributed by atoms with Gasteiger partial charge in [0.25, 0.3) is 0 Å². The molecule has 3 aromatic heterocycles. The van der Waals surface area contributed by atoms with Crippen molar-refractivity contribution in [2.75, 3.05) is 0 Å². The quantitative estimate of drug-likeness (QED) is 0.141. The fourth-order valence-electron chi connectivity index (χ4n) is 13.6. The number of hydrogen-bond donors (Lipinski definition) is 2. The van der Waals surface area contributed by atoms with Gasteiger partial charge < -0.3 is 10.2 Å². The van der Waals surface area contributed by atoms with Crippen molar-refractivity contribution in [3.63, 3.8) is 0 Å². The minimum atomic E-state index is -0.363. The molecule has 13 aromatic rings. The van der Waals surface area contributed by atoms with Gasteiger partial charge in [-0.15, -0.1) is 0 Å². The maximum Gasteiger partial charge on any atom is 0.149 e. The van der Waals surface area contributed by atoms with Gasteiger partial charge in [-0.1, -0.05) is 270 Å². The Hall–Kier alpha value is -10.2. The van der Waals surface area contributed by atoms with Crippen LogP contribution < -0.4 is 0 Å². The van der Waals surface area contributed by atoms with Gasteiger partial charge in [-0.2, -0.15) is 0 Å². The molecular weight excluding hydrogens is 1200 g/mol. The number of aromatic nitrogens is 6. The van der Waals surface area contributed by atoms with Crippen LogP contribution in [0, 0.1) is 0 Å². The minimum Gasteiger partial charge on any atom is -0.507 e. The first-order valence-electron chi connectivity index (χ1n) is 34.5. The molecule has 98 heavy (non-hydrogen) atoms. The summed E-state index contributed by atoms with van der Waals surface area (Å²) in [5.41, 5.74) is 23.4. The second-order valence-corrected chi connectivity index (χ2v) is 32.9. The molecule has 0 aliphatic heterocycles. The number of nitrogens with zero attached hydrogens (tertiary/aromatic N) is 6. The smallest absolute Gasteiger partial charge is 0.149 e. The zero-order valence-corrected chi connectivity index (χ0v) is 60.4. The predicted octanol–water partition coefficient (Wildman–Crippen LogP) is 23.7. The van der Waals surface area contributed by atoms with Gasteiger partial charge in [0.2, 0.25) is 0 Å². The molecule has 2 N–H and O–H groups in total. The summed E-state index contributed by atoms with van der Waals surface area (Å²) in [6.45, 7) is 39.9. The van der Waals surface area contributed by atoms with Crippen LogP contribution in [0.1, 0.15) is 158 Å². The van der Waals surface area contributed by atoms with Crippen molar-refractivity contribution in [3.8, 4) is 113 Å². The average molecular weight is 1290 g/mol. The molecule has 0 saturated carbocycles. The Morgan fingerprint density at radius 2 is 0.612 bits per heavy atom. The monoisotopic (exact) mass is 1290 g/mol. The Kier molecular flexibility index (Phi) is 16.6. The molecule has 13 rings (SSSR count). The molecule has 10 aromatic carbocycles. The highest BCUT2D eigenvalue weighted by molar-refractivity contribution is 6.00. The van der Waals surface area contributed by atoms with Crippen molar-refractivity contribution in [1.29, 1.82) is 0 Å². The molecule has 0 unspecified atom stereocenters. The lowest BCUT2D eigenvalue weighted by atomic mass is 9.78. The highest BCUT2D eigenvalue weighted by Gasteiger charge is 2.33. The van der Waals surface area contributed by atoms with E-state index >= 15 is 0 Å². The minimum absolute atomic E-state index is 0.110. The van der Waals surface area contributed by atoms with E-state index in [4.69, 9.17) is 19.9 Å². The number of benzene rings is 10. The maximum atomic E-state index is 12.7. The van der Waals surface area contributed by atoms with Gasteiger partial charge in [0.05, 0.1) is 56.0 Å². The number of imidazole rings is 2. The van der Waals surface area contributed by atoms with E-state index in [0.717, 1.165) is 123 Å². The second-order valence-electron chi connectivity index (χ2n) is 32.9. The lowest BCUT2D eigenvalue weighted by Crippen LogP contribution is -2.17. The van der Waals surface area contributed by atoms with Crippen LogP contribution in [0.5, 0.6) is 11.5 Å². The van der Waals surface area contributed by atoms with Crippen LogP contribution in [0.15, 0.2) is 219 Å². The number of rotatable bonds is 10. The Bertz CT molecular complexity index is 4890. The van der Waals surface area contributed by atoms with Crippen molar-refractivity contribution in [2.24, 2.45) is 0 Å². The normalized spacial score (nSPS) is 12.7. The molecule has 8 heteroatoms. The lowest BCUT2D eigenvalue weighted by molar-refractivity contribution is 0.445. The van der Waals surface area contributed by atoms with E-state index in [-0.39, 0.29) is 44.0 Å². The topological polar surface area (TPSA) is 102 Å². The molecule has 0 amide bonds. The standard InChI is InChI=1S/C90H92N6O2/c1-85(2,3)61-41-43-75(67(47-61)55-29-21-19-22-30-55)95-77-39-27-37-65(79(77)93-83(95)69-49-63(87(7,8)9)51-71(81(69)97)89(13,14)15)57-33-25-35-59(45-57)73-53-74(92-54-91-73)60-36-26-34-58(46-60)66-38-28-40-78-80(66)94-84(70-50-64(88(10,11)12)52-72(82(70)98)90(16,17)18)96(78)76-44-42-62(86(4,5)6)48-68(76)56-31-23-20-24-32-56/h19-54,97-98H,1-18H3. The van der Waals surface area contributed by atoms with Crippen LogP contribution in [0.2, 0.25) is 0 Å². The summed E-state index contributed by atoms with van der Waals surface area (Å²) < 4.78 is 4.54. The second kappa shape index (κ2) is 24.4. The Morgan fingerprint density at radius 3 is 0.969 bits per heavy atom. The van der Waals surface area contributed by atoms with Gasteiger partial charge >= 0.3 is 0 Å². The average Bonchev–Trinajstić information content (AvgIpc) is 1.53. The third kappa shape index (κ3) is 12.5. The van der Waals surface area contributed by atoms with Crippen molar-refractivity contribution in [1.82, 2.24) is 29.1 Å². The van der Waals surface area contributed by atoms with Gasteiger partial charge in [-0.25, -0.2) is 19.9 Å².